The first-order valence-corrected chi connectivity index (χ1v) is 9.87. The molecule has 0 fully saturated rings. The maximum absolute atomic E-state index is 12.5. The van der Waals surface area contributed by atoms with Gasteiger partial charge in [-0.1, -0.05) is 26.8 Å². The van der Waals surface area contributed by atoms with E-state index in [2.05, 4.69) is 5.32 Å². The molecule has 6 heteroatoms. The van der Waals surface area contributed by atoms with Crippen LogP contribution in [0.1, 0.15) is 45.6 Å². The minimum atomic E-state index is -3.29. The fraction of sp³-hybridized carbons (Fsp3) is 0.588. The molecule has 23 heavy (non-hydrogen) atoms. The smallest absolute Gasteiger partial charge is 0.235 e. The van der Waals surface area contributed by atoms with Crippen molar-refractivity contribution in [3.05, 3.63) is 23.8 Å². The highest BCUT2D eigenvalue weighted by molar-refractivity contribution is 7.92. The van der Waals surface area contributed by atoms with E-state index in [1.807, 2.05) is 32.9 Å². The third-order valence-corrected chi connectivity index (χ3v) is 5.81. The van der Waals surface area contributed by atoms with Crippen LogP contribution in [-0.2, 0) is 21.2 Å². The molecule has 0 unspecified atom stereocenters. The molecule has 0 spiro atoms. The van der Waals surface area contributed by atoms with Gasteiger partial charge in [0.15, 0.2) is 0 Å². The second-order valence-electron chi connectivity index (χ2n) is 6.48. The summed E-state index contributed by atoms with van der Waals surface area (Å²) in [6.07, 6.45) is 2.75. The van der Waals surface area contributed by atoms with E-state index < -0.39 is 10.0 Å². The van der Waals surface area contributed by atoms with Gasteiger partial charge in [0.05, 0.1) is 11.4 Å². The van der Waals surface area contributed by atoms with Gasteiger partial charge in [0, 0.05) is 18.7 Å². The molecule has 0 aromatic heterocycles. The Bertz CT molecular complexity index is 668. The number of fused-ring (bicyclic) bond motifs is 1. The topological polar surface area (TPSA) is 66.5 Å². The van der Waals surface area contributed by atoms with E-state index in [0.29, 0.717) is 30.8 Å². The van der Waals surface area contributed by atoms with Crippen LogP contribution in [0.4, 0.5) is 11.4 Å². The van der Waals surface area contributed by atoms with Gasteiger partial charge in [-0.25, -0.2) is 8.42 Å². The van der Waals surface area contributed by atoms with Crippen molar-refractivity contribution in [3.63, 3.8) is 0 Å². The minimum absolute atomic E-state index is 0.0428. The molecule has 1 aromatic rings. The van der Waals surface area contributed by atoms with E-state index in [0.717, 1.165) is 18.4 Å². The zero-order valence-corrected chi connectivity index (χ0v) is 14.9. The molecular formula is C17H26N2O3S. The first kappa shape index (κ1) is 17.8. The standard InChI is InChI=1S/C17H26N2O3S/c1-4-10-23(21,22)19-9-5-6-14-7-8-15(12-16(14)19)18-17(20)11-13(2)3/h7-8,12-13H,4-6,9-11H2,1-3H3,(H,18,20). The summed E-state index contributed by atoms with van der Waals surface area (Å²) in [7, 11) is -3.29. The van der Waals surface area contributed by atoms with E-state index in [1.165, 1.54) is 4.31 Å². The Morgan fingerprint density at radius 1 is 1.35 bits per heavy atom. The molecule has 1 N–H and O–H groups in total. The summed E-state index contributed by atoms with van der Waals surface area (Å²) in [5.74, 6) is 0.392. The number of aryl methyl sites for hydroxylation is 1. The van der Waals surface area contributed by atoms with Gasteiger partial charge >= 0.3 is 0 Å². The molecule has 0 atom stereocenters. The van der Waals surface area contributed by atoms with Crippen LogP contribution in [0.2, 0.25) is 0 Å². The van der Waals surface area contributed by atoms with Gasteiger partial charge in [-0.15, -0.1) is 0 Å². The van der Waals surface area contributed by atoms with Gasteiger partial charge in [0.1, 0.15) is 0 Å². The van der Waals surface area contributed by atoms with Gasteiger partial charge in [-0.2, -0.15) is 0 Å². The predicted molar refractivity (Wildman–Crippen MR) is 94.3 cm³/mol. The summed E-state index contributed by atoms with van der Waals surface area (Å²) in [6, 6.07) is 5.57. The van der Waals surface area contributed by atoms with Crippen molar-refractivity contribution in [2.45, 2.75) is 46.5 Å². The van der Waals surface area contributed by atoms with Crippen LogP contribution in [0.5, 0.6) is 0 Å². The quantitative estimate of drug-likeness (QED) is 0.866. The zero-order valence-electron chi connectivity index (χ0n) is 14.1. The highest BCUT2D eigenvalue weighted by atomic mass is 32.2. The molecule has 1 aliphatic rings. The normalized spacial score (nSPS) is 14.7. The average molecular weight is 338 g/mol. The van der Waals surface area contributed by atoms with Gasteiger partial charge in [-0.3, -0.25) is 9.10 Å². The summed E-state index contributed by atoms with van der Waals surface area (Å²) in [5.41, 5.74) is 2.40. The third kappa shape index (κ3) is 4.47. The molecule has 5 nitrogen and oxygen atoms in total. The van der Waals surface area contributed by atoms with Crippen molar-refractivity contribution in [1.82, 2.24) is 0 Å². The fourth-order valence-corrected chi connectivity index (χ4v) is 4.47. The molecule has 1 aliphatic heterocycles. The SMILES string of the molecule is CCCS(=O)(=O)N1CCCc2ccc(NC(=O)CC(C)C)cc21. The third-order valence-electron chi connectivity index (χ3n) is 3.84. The number of benzene rings is 1. The van der Waals surface area contributed by atoms with Gasteiger partial charge in [0.25, 0.3) is 0 Å². The molecule has 0 saturated heterocycles. The maximum atomic E-state index is 12.5. The van der Waals surface area contributed by atoms with Crippen LogP contribution in [0.3, 0.4) is 0 Å². The number of rotatable bonds is 6. The minimum Gasteiger partial charge on any atom is -0.326 e. The Kier molecular flexibility index (Phi) is 5.68. The second kappa shape index (κ2) is 7.34. The molecule has 0 aliphatic carbocycles. The predicted octanol–water partition coefficient (Wildman–Crippen LogP) is 3.16. The first-order chi connectivity index (χ1) is 10.8. The Labute approximate surface area is 139 Å². The second-order valence-corrected chi connectivity index (χ2v) is 8.49. The molecule has 128 valence electrons. The lowest BCUT2D eigenvalue weighted by molar-refractivity contribution is -0.116. The van der Waals surface area contributed by atoms with E-state index in [1.54, 1.807) is 6.07 Å². The van der Waals surface area contributed by atoms with Crippen LogP contribution in [0.15, 0.2) is 18.2 Å². The largest absolute Gasteiger partial charge is 0.326 e. The van der Waals surface area contributed by atoms with Crippen molar-refractivity contribution in [1.29, 1.82) is 0 Å². The number of hydrogen-bond donors (Lipinski definition) is 1. The highest BCUT2D eigenvalue weighted by Gasteiger charge is 2.27. The lowest BCUT2D eigenvalue weighted by Crippen LogP contribution is -2.37. The lowest BCUT2D eigenvalue weighted by Gasteiger charge is -2.31. The summed E-state index contributed by atoms with van der Waals surface area (Å²) in [6.45, 7) is 6.36. The maximum Gasteiger partial charge on any atom is 0.235 e. The zero-order chi connectivity index (χ0) is 17.0. The molecule has 1 amide bonds. The van der Waals surface area contributed by atoms with E-state index >= 15 is 0 Å². The highest BCUT2D eigenvalue weighted by Crippen LogP contribution is 2.32. The molecule has 2 rings (SSSR count). The molecule has 1 heterocycles. The van der Waals surface area contributed by atoms with Gasteiger partial charge in [-0.05, 0) is 42.9 Å². The van der Waals surface area contributed by atoms with Crippen LogP contribution in [0.25, 0.3) is 0 Å². The Hall–Kier alpha value is -1.56. The monoisotopic (exact) mass is 338 g/mol. The van der Waals surface area contributed by atoms with Crippen molar-refractivity contribution >= 4 is 27.3 Å². The molecule has 0 saturated carbocycles. The number of carbonyl (C=O) groups is 1. The van der Waals surface area contributed by atoms with E-state index in [-0.39, 0.29) is 17.6 Å². The van der Waals surface area contributed by atoms with Gasteiger partial charge in [0.2, 0.25) is 15.9 Å². The van der Waals surface area contributed by atoms with Gasteiger partial charge < -0.3 is 5.32 Å². The Morgan fingerprint density at radius 3 is 2.74 bits per heavy atom. The number of anilines is 2. The Balaban J connectivity index is 2.27. The summed E-state index contributed by atoms with van der Waals surface area (Å²) < 4.78 is 26.4. The van der Waals surface area contributed by atoms with Crippen LogP contribution in [-0.4, -0.2) is 26.6 Å². The lowest BCUT2D eigenvalue weighted by atomic mass is 10.0. The van der Waals surface area contributed by atoms with Crippen LogP contribution < -0.4 is 9.62 Å². The Morgan fingerprint density at radius 2 is 2.09 bits per heavy atom. The van der Waals surface area contributed by atoms with E-state index in [4.69, 9.17) is 0 Å². The van der Waals surface area contributed by atoms with Crippen molar-refractivity contribution in [2.75, 3.05) is 21.9 Å². The number of sulfonamides is 1. The molecule has 0 bridgehead atoms. The molecule has 1 aromatic carbocycles. The first-order valence-electron chi connectivity index (χ1n) is 8.26. The number of carbonyl (C=O) groups excluding carboxylic acids is 1. The van der Waals surface area contributed by atoms with Crippen molar-refractivity contribution in [3.8, 4) is 0 Å². The van der Waals surface area contributed by atoms with Crippen LogP contribution >= 0.6 is 0 Å². The van der Waals surface area contributed by atoms with E-state index in [9.17, 15) is 13.2 Å². The van der Waals surface area contributed by atoms with Crippen LogP contribution in [0, 0.1) is 5.92 Å². The molecule has 0 radical (unpaired) electrons. The number of nitrogens with one attached hydrogen (secondary N) is 1. The number of hydrogen-bond acceptors (Lipinski definition) is 3. The number of amides is 1. The number of nitrogens with zero attached hydrogens (tertiary/aromatic N) is 1. The van der Waals surface area contributed by atoms with Crippen molar-refractivity contribution in [2.24, 2.45) is 5.92 Å². The summed E-state index contributed by atoms with van der Waals surface area (Å²) in [5, 5.41) is 2.87. The van der Waals surface area contributed by atoms with Crippen molar-refractivity contribution < 1.29 is 13.2 Å². The fourth-order valence-electron chi connectivity index (χ4n) is 2.86. The average Bonchev–Trinajstić information content (AvgIpc) is 2.45. The molecular weight excluding hydrogens is 312 g/mol. The summed E-state index contributed by atoms with van der Waals surface area (Å²) >= 11 is 0. The summed E-state index contributed by atoms with van der Waals surface area (Å²) in [4.78, 5) is 11.9.